The average molecular weight is 381 g/mol. The SMILES string of the molecule is O=C(NCc1cccnc1)c1ccc(S(=O)(=O)NCc2ccccc2)cc1. The van der Waals surface area contributed by atoms with Crippen molar-refractivity contribution >= 4 is 15.9 Å². The first kappa shape index (κ1) is 18.8. The highest BCUT2D eigenvalue weighted by atomic mass is 32.2. The lowest BCUT2D eigenvalue weighted by atomic mass is 10.2. The van der Waals surface area contributed by atoms with Crippen molar-refractivity contribution in [3.8, 4) is 0 Å². The van der Waals surface area contributed by atoms with Gasteiger partial charge in [-0.2, -0.15) is 0 Å². The van der Waals surface area contributed by atoms with Crippen molar-refractivity contribution in [3.63, 3.8) is 0 Å². The second-order valence-electron chi connectivity index (χ2n) is 5.88. The van der Waals surface area contributed by atoms with Crippen LogP contribution in [0.3, 0.4) is 0 Å². The highest BCUT2D eigenvalue weighted by Crippen LogP contribution is 2.12. The van der Waals surface area contributed by atoms with Gasteiger partial charge in [0.05, 0.1) is 4.90 Å². The van der Waals surface area contributed by atoms with E-state index in [0.717, 1.165) is 11.1 Å². The molecule has 0 atom stereocenters. The Hall–Kier alpha value is -3.03. The number of carbonyl (C=O) groups is 1. The zero-order valence-corrected chi connectivity index (χ0v) is 15.3. The standard InChI is InChI=1S/C20H19N3O3S/c24-20(22-14-17-7-4-12-21-13-17)18-8-10-19(11-9-18)27(25,26)23-15-16-5-2-1-3-6-16/h1-13,23H,14-15H2,(H,22,24). The number of rotatable bonds is 7. The van der Waals surface area contributed by atoms with Crippen molar-refractivity contribution in [1.29, 1.82) is 0 Å². The van der Waals surface area contributed by atoms with Crippen molar-refractivity contribution < 1.29 is 13.2 Å². The van der Waals surface area contributed by atoms with Gasteiger partial charge in [0.2, 0.25) is 10.0 Å². The fraction of sp³-hybridized carbons (Fsp3) is 0.100. The summed E-state index contributed by atoms with van der Waals surface area (Å²) in [5.74, 6) is -0.278. The number of amides is 1. The topological polar surface area (TPSA) is 88.2 Å². The third-order valence-electron chi connectivity index (χ3n) is 3.91. The molecule has 0 unspecified atom stereocenters. The summed E-state index contributed by atoms with van der Waals surface area (Å²) in [5.41, 5.74) is 2.14. The number of hydrogen-bond donors (Lipinski definition) is 2. The maximum Gasteiger partial charge on any atom is 0.251 e. The Morgan fingerprint density at radius 2 is 1.56 bits per heavy atom. The lowest BCUT2D eigenvalue weighted by molar-refractivity contribution is 0.0951. The van der Waals surface area contributed by atoms with Gasteiger partial charge in [0.25, 0.3) is 5.91 Å². The molecule has 0 aliphatic heterocycles. The number of sulfonamides is 1. The predicted octanol–water partition coefficient (Wildman–Crippen LogP) is 2.49. The van der Waals surface area contributed by atoms with Gasteiger partial charge >= 0.3 is 0 Å². The zero-order chi connectivity index (χ0) is 19.1. The minimum Gasteiger partial charge on any atom is -0.348 e. The molecule has 6 nitrogen and oxygen atoms in total. The number of hydrogen-bond acceptors (Lipinski definition) is 4. The van der Waals surface area contributed by atoms with E-state index in [1.165, 1.54) is 24.3 Å². The first-order chi connectivity index (χ1) is 13.0. The number of nitrogens with zero attached hydrogens (tertiary/aromatic N) is 1. The van der Waals surface area contributed by atoms with E-state index in [0.29, 0.717) is 12.1 Å². The second-order valence-corrected chi connectivity index (χ2v) is 7.65. The Bertz CT molecular complexity index is 990. The summed E-state index contributed by atoms with van der Waals surface area (Å²) in [6.45, 7) is 0.557. The van der Waals surface area contributed by atoms with Crippen molar-refractivity contribution in [3.05, 3.63) is 95.8 Å². The molecule has 1 amide bonds. The molecule has 0 fully saturated rings. The molecule has 2 N–H and O–H groups in total. The van der Waals surface area contributed by atoms with Gasteiger partial charge in [-0.05, 0) is 41.5 Å². The summed E-state index contributed by atoms with van der Waals surface area (Å²) in [5, 5.41) is 2.78. The van der Waals surface area contributed by atoms with Crippen LogP contribution in [0.5, 0.6) is 0 Å². The van der Waals surface area contributed by atoms with Crippen LogP contribution in [0.4, 0.5) is 0 Å². The van der Waals surface area contributed by atoms with Gasteiger partial charge < -0.3 is 5.32 Å². The molecular formula is C20H19N3O3S. The van der Waals surface area contributed by atoms with Gasteiger partial charge in [-0.3, -0.25) is 9.78 Å². The lowest BCUT2D eigenvalue weighted by Crippen LogP contribution is -2.24. The van der Waals surface area contributed by atoms with Crippen LogP contribution in [0.25, 0.3) is 0 Å². The number of nitrogens with one attached hydrogen (secondary N) is 2. The van der Waals surface area contributed by atoms with E-state index in [-0.39, 0.29) is 17.3 Å². The second kappa shape index (κ2) is 8.57. The predicted molar refractivity (Wildman–Crippen MR) is 102 cm³/mol. The Kier molecular flexibility index (Phi) is 5.95. The number of carbonyl (C=O) groups excluding carboxylic acids is 1. The Balaban J connectivity index is 1.61. The first-order valence-electron chi connectivity index (χ1n) is 8.35. The van der Waals surface area contributed by atoms with E-state index in [1.54, 1.807) is 18.5 Å². The molecular weight excluding hydrogens is 362 g/mol. The molecule has 0 bridgehead atoms. The Morgan fingerprint density at radius 3 is 2.22 bits per heavy atom. The van der Waals surface area contributed by atoms with Crippen molar-refractivity contribution in [2.24, 2.45) is 0 Å². The van der Waals surface area contributed by atoms with Gasteiger partial charge in [0.1, 0.15) is 0 Å². The van der Waals surface area contributed by atoms with Crippen LogP contribution in [0.2, 0.25) is 0 Å². The molecule has 3 aromatic rings. The van der Waals surface area contributed by atoms with Crippen LogP contribution in [-0.2, 0) is 23.1 Å². The summed E-state index contributed by atoms with van der Waals surface area (Å²) in [6, 6.07) is 18.8. The minimum atomic E-state index is -3.65. The van der Waals surface area contributed by atoms with Crippen LogP contribution in [0.1, 0.15) is 21.5 Å². The van der Waals surface area contributed by atoms with E-state index >= 15 is 0 Å². The van der Waals surface area contributed by atoms with E-state index in [4.69, 9.17) is 0 Å². The summed E-state index contributed by atoms with van der Waals surface area (Å²) in [4.78, 5) is 16.3. The molecule has 0 aliphatic carbocycles. The van der Waals surface area contributed by atoms with Gasteiger partial charge in [-0.25, -0.2) is 13.1 Å². The number of benzene rings is 2. The fourth-order valence-electron chi connectivity index (χ4n) is 2.43. The minimum absolute atomic E-state index is 0.113. The smallest absolute Gasteiger partial charge is 0.251 e. The number of pyridine rings is 1. The maximum atomic E-state index is 12.4. The molecule has 1 heterocycles. The van der Waals surface area contributed by atoms with E-state index in [1.807, 2.05) is 36.4 Å². The molecule has 3 rings (SSSR count). The van der Waals surface area contributed by atoms with Gasteiger partial charge in [0, 0.05) is 31.0 Å². The Labute approximate surface area is 158 Å². The van der Waals surface area contributed by atoms with E-state index in [9.17, 15) is 13.2 Å². The first-order valence-corrected chi connectivity index (χ1v) is 9.84. The molecule has 0 saturated carbocycles. The molecule has 1 aromatic heterocycles. The van der Waals surface area contributed by atoms with Crippen LogP contribution in [0, 0.1) is 0 Å². The van der Waals surface area contributed by atoms with Crippen LogP contribution < -0.4 is 10.0 Å². The summed E-state index contributed by atoms with van der Waals surface area (Å²) < 4.78 is 27.3. The molecule has 0 spiro atoms. The van der Waals surface area contributed by atoms with Gasteiger partial charge in [0.15, 0.2) is 0 Å². The summed E-state index contributed by atoms with van der Waals surface area (Å²) in [6.07, 6.45) is 3.34. The van der Waals surface area contributed by atoms with E-state index < -0.39 is 10.0 Å². The third kappa shape index (κ3) is 5.22. The highest BCUT2D eigenvalue weighted by molar-refractivity contribution is 7.89. The summed E-state index contributed by atoms with van der Waals surface area (Å²) >= 11 is 0. The molecule has 0 aliphatic rings. The molecule has 138 valence electrons. The van der Waals surface area contributed by atoms with Crippen molar-refractivity contribution in [2.45, 2.75) is 18.0 Å². The monoisotopic (exact) mass is 381 g/mol. The summed E-state index contributed by atoms with van der Waals surface area (Å²) in [7, 11) is -3.65. The molecule has 0 radical (unpaired) electrons. The lowest BCUT2D eigenvalue weighted by Gasteiger charge is -2.08. The Morgan fingerprint density at radius 1 is 0.852 bits per heavy atom. The van der Waals surface area contributed by atoms with Gasteiger partial charge in [-0.15, -0.1) is 0 Å². The molecule has 0 saturated heterocycles. The molecule has 27 heavy (non-hydrogen) atoms. The quantitative estimate of drug-likeness (QED) is 0.658. The fourth-order valence-corrected chi connectivity index (χ4v) is 3.45. The molecule has 7 heteroatoms. The normalized spacial score (nSPS) is 11.1. The van der Waals surface area contributed by atoms with Crippen LogP contribution in [0.15, 0.2) is 84.0 Å². The van der Waals surface area contributed by atoms with Crippen molar-refractivity contribution in [1.82, 2.24) is 15.0 Å². The zero-order valence-electron chi connectivity index (χ0n) is 14.5. The largest absolute Gasteiger partial charge is 0.348 e. The maximum absolute atomic E-state index is 12.4. The highest BCUT2D eigenvalue weighted by Gasteiger charge is 2.14. The average Bonchev–Trinajstić information content (AvgIpc) is 2.72. The number of aromatic nitrogens is 1. The van der Waals surface area contributed by atoms with Crippen molar-refractivity contribution in [2.75, 3.05) is 0 Å². The van der Waals surface area contributed by atoms with Crippen LogP contribution >= 0.6 is 0 Å². The van der Waals surface area contributed by atoms with E-state index in [2.05, 4.69) is 15.0 Å². The molecule has 2 aromatic carbocycles. The third-order valence-corrected chi connectivity index (χ3v) is 5.33. The van der Waals surface area contributed by atoms with Gasteiger partial charge in [-0.1, -0.05) is 36.4 Å². The van der Waals surface area contributed by atoms with Crippen LogP contribution in [-0.4, -0.2) is 19.3 Å².